The van der Waals surface area contributed by atoms with Crippen molar-refractivity contribution in [3.63, 3.8) is 0 Å². The van der Waals surface area contributed by atoms with Crippen LogP contribution < -0.4 is 10.1 Å². The third-order valence-corrected chi connectivity index (χ3v) is 3.66. The van der Waals surface area contributed by atoms with Crippen LogP contribution in [0, 0.1) is 0 Å². The monoisotopic (exact) mass is 317 g/mol. The summed E-state index contributed by atoms with van der Waals surface area (Å²) >= 11 is 5.85. The lowest BCUT2D eigenvalue weighted by atomic mass is 10.1. The summed E-state index contributed by atoms with van der Waals surface area (Å²) in [5.74, 6) is 0.494. The van der Waals surface area contributed by atoms with E-state index in [0.717, 1.165) is 17.7 Å². The summed E-state index contributed by atoms with van der Waals surface area (Å²) in [7, 11) is 0. The van der Waals surface area contributed by atoms with Crippen LogP contribution in [-0.4, -0.2) is 12.0 Å². The number of anilines is 1. The van der Waals surface area contributed by atoms with Crippen molar-refractivity contribution in [2.75, 3.05) is 5.32 Å². The van der Waals surface area contributed by atoms with Crippen molar-refractivity contribution in [1.82, 2.24) is 0 Å². The van der Waals surface area contributed by atoms with E-state index in [0.29, 0.717) is 17.2 Å². The molecule has 0 heterocycles. The van der Waals surface area contributed by atoms with Crippen molar-refractivity contribution in [3.05, 3.63) is 59.1 Å². The number of ether oxygens (including phenoxy) is 1. The fourth-order valence-electron chi connectivity index (χ4n) is 2.16. The third-order valence-electron chi connectivity index (χ3n) is 3.41. The summed E-state index contributed by atoms with van der Waals surface area (Å²) in [5, 5.41) is 3.59. The van der Waals surface area contributed by atoms with E-state index in [9.17, 15) is 4.79 Å². The summed E-state index contributed by atoms with van der Waals surface area (Å²) < 4.78 is 5.76. The minimum absolute atomic E-state index is 0.140. The number of rotatable bonds is 6. The average molecular weight is 318 g/mol. The van der Waals surface area contributed by atoms with E-state index in [1.807, 2.05) is 31.2 Å². The van der Waals surface area contributed by atoms with Crippen LogP contribution in [0.25, 0.3) is 0 Å². The number of aryl methyl sites for hydroxylation is 1. The molecule has 0 aliphatic rings. The van der Waals surface area contributed by atoms with Crippen molar-refractivity contribution in [1.29, 1.82) is 0 Å². The van der Waals surface area contributed by atoms with E-state index >= 15 is 0 Å². The summed E-state index contributed by atoms with van der Waals surface area (Å²) in [6.07, 6.45) is 0.916. The Balaban J connectivity index is 2.07. The van der Waals surface area contributed by atoms with Crippen LogP contribution in [0.1, 0.15) is 25.8 Å². The molecule has 0 saturated carbocycles. The molecule has 1 amide bonds. The molecule has 1 N–H and O–H groups in total. The predicted molar refractivity (Wildman–Crippen MR) is 90.6 cm³/mol. The van der Waals surface area contributed by atoms with Crippen LogP contribution in [0.5, 0.6) is 5.75 Å². The lowest BCUT2D eigenvalue weighted by Gasteiger charge is -2.18. The first-order valence-corrected chi connectivity index (χ1v) is 7.82. The Kier molecular flexibility index (Phi) is 5.84. The largest absolute Gasteiger partial charge is 0.481 e. The first kappa shape index (κ1) is 16.4. The molecule has 2 rings (SSSR count). The van der Waals surface area contributed by atoms with Gasteiger partial charge in [0, 0.05) is 10.7 Å². The smallest absolute Gasteiger partial charge is 0.265 e. The van der Waals surface area contributed by atoms with Gasteiger partial charge in [-0.2, -0.15) is 0 Å². The van der Waals surface area contributed by atoms with Crippen molar-refractivity contribution >= 4 is 23.2 Å². The van der Waals surface area contributed by atoms with Crippen molar-refractivity contribution in [3.8, 4) is 5.75 Å². The van der Waals surface area contributed by atoms with E-state index in [1.165, 1.54) is 0 Å². The maximum atomic E-state index is 12.4. The summed E-state index contributed by atoms with van der Waals surface area (Å²) in [6.45, 7) is 3.98. The number of carbonyl (C=O) groups excluding carboxylic acids is 1. The van der Waals surface area contributed by atoms with E-state index in [2.05, 4.69) is 12.2 Å². The lowest BCUT2D eigenvalue weighted by Crippen LogP contribution is -2.32. The van der Waals surface area contributed by atoms with E-state index < -0.39 is 6.10 Å². The van der Waals surface area contributed by atoms with Gasteiger partial charge in [-0.25, -0.2) is 0 Å². The molecule has 116 valence electrons. The zero-order valence-electron chi connectivity index (χ0n) is 12.8. The third kappa shape index (κ3) is 4.25. The predicted octanol–water partition coefficient (Wildman–Crippen LogP) is 4.70. The molecule has 0 spiro atoms. The van der Waals surface area contributed by atoms with Crippen LogP contribution in [0.15, 0.2) is 48.5 Å². The molecule has 0 bridgehead atoms. The van der Waals surface area contributed by atoms with Gasteiger partial charge in [0.25, 0.3) is 5.91 Å². The van der Waals surface area contributed by atoms with Crippen LogP contribution >= 0.6 is 11.6 Å². The first-order chi connectivity index (χ1) is 10.6. The summed E-state index contributed by atoms with van der Waals surface area (Å²) in [5.41, 5.74) is 1.95. The maximum Gasteiger partial charge on any atom is 0.265 e. The molecule has 3 nitrogen and oxygen atoms in total. The number of carbonyl (C=O) groups is 1. The average Bonchev–Trinajstić information content (AvgIpc) is 2.54. The van der Waals surface area contributed by atoms with E-state index in [4.69, 9.17) is 16.3 Å². The van der Waals surface area contributed by atoms with Gasteiger partial charge in [0.1, 0.15) is 5.75 Å². The number of hydrogen-bond acceptors (Lipinski definition) is 2. The Bertz CT molecular complexity index is 625. The number of para-hydroxylation sites is 1. The second-order valence-electron chi connectivity index (χ2n) is 4.97. The Hall–Kier alpha value is -2.00. The highest BCUT2D eigenvalue weighted by Crippen LogP contribution is 2.20. The quantitative estimate of drug-likeness (QED) is 0.838. The van der Waals surface area contributed by atoms with E-state index in [-0.39, 0.29) is 5.91 Å². The summed E-state index contributed by atoms with van der Waals surface area (Å²) in [6, 6.07) is 14.8. The maximum absolute atomic E-state index is 12.4. The minimum atomic E-state index is -0.536. The topological polar surface area (TPSA) is 38.3 Å². The zero-order valence-corrected chi connectivity index (χ0v) is 13.6. The van der Waals surface area contributed by atoms with Gasteiger partial charge in [0.05, 0.1) is 0 Å². The van der Waals surface area contributed by atoms with E-state index in [1.54, 1.807) is 24.3 Å². The van der Waals surface area contributed by atoms with Crippen molar-refractivity contribution < 1.29 is 9.53 Å². The van der Waals surface area contributed by atoms with Crippen LogP contribution in [0.3, 0.4) is 0 Å². The molecule has 2 aromatic rings. The van der Waals surface area contributed by atoms with Crippen LogP contribution in [-0.2, 0) is 11.2 Å². The second kappa shape index (κ2) is 7.85. The molecule has 0 fully saturated rings. The molecule has 2 aromatic carbocycles. The Morgan fingerprint density at radius 3 is 2.45 bits per heavy atom. The van der Waals surface area contributed by atoms with Crippen LogP contribution in [0.2, 0.25) is 5.02 Å². The molecule has 0 aliphatic carbocycles. The molecule has 22 heavy (non-hydrogen) atoms. The highest BCUT2D eigenvalue weighted by molar-refractivity contribution is 6.30. The molecule has 0 aromatic heterocycles. The zero-order chi connectivity index (χ0) is 15.9. The molecule has 0 unspecified atom stereocenters. The standard InChI is InChI=1S/C18H20ClNO2/c1-3-13-7-5-6-8-16(13)20-18(21)17(4-2)22-15-11-9-14(19)10-12-15/h5-12,17H,3-4H2,1-2H3,(H,20,21)/t17-/m1/s1. The fourth-order valence-corrected chi connectivity index (χ4v) is 2.29. The second-order valence-corrected chi connectivity index (χ2v) is 5.41. The van der Waals surface area contributed by atoms with Crippen LogP contribution in [0.4, 0.5) is 5.69 Å². The molecule has 1 atom stereocenters. The lowest BCUT2D eigenvalue weighted by molar-refractivity contribution is -0.122. The molecular formula is C18H20ClNO2. The van der Waals surface area contributed by atoms with Crippen molar-refractivity contribution in [2.24, 2.45) is 0 Å². The number of halogens is 1. The number of benzene rings is 2. The highest BCUT2D eigenvalue weighted by atomic mass is 35.5. The van der Waals surface area contributed by atoms with Gasteiger partial charge in [-0.3, -0.25) is 4.79 Å². The van der Waals surface area contributed by atoms with Gasteiger partial charge in [-0.1, -0.05) is 43.6 Å². The van der Waals surface area contributed by atoms with Gasteiger partial charge < -0.3 is 10.1 Å². The van der Waals surface area contributed by atoms with Gasteiger partial charge in [0.15, 0.2) is 6.10 Å². The van der Waals surface area contributed by atoms with Gasteiger partial charge in [0.2, 0.25) is 0 Å². The molecule has 0 radical (unpaired) electrons. The van der Waals surface area contributed by atoms with Gasteiger partial charge >= 0.3 is 0 Å². The summed E-state index contributed by atoms with van der Waals surface area (Å²) in [4.78, 5) is 12.4. The SMILES string of the molecule is CCc1ccccc1NC(=O)[C@@H](CC)Oc1ccc(Cl)cc1. The number of nitrogens with one attached hydrogen (secondary N) is 1. The van der Waals surface area contributed by atoms with Gasteiger partial charge in [-0.15, -0.1) is 0 Å². The highest BCUT2D eigenvalue weighted by Gasteiger charge is 2.19. The fraction of sp³-hybridized carbons (Fsp3) is 0.278. The Labute approximate surface area is 136 Å². The first-order valence-electron chi connectivity index (χ1n) is 7.45. The van der Waals surface area contributed by atoms with Gasteiger partial charge in [-0.05, 0) is 48.7 Å². The minimum Gasteiger partial charge on any atom is -0.481 e. The number of hydrogen-bond donors (Lipinski definition) is 1. The van der Waals surface area contributed by atoms with Crippen molar-refractivity contribution in [2.45, 2.75) is 32.8 Å². The normalized spacial score (nSPS) is 11.8. The molecule has 0 aliphatic heterocycles. The Morgan fingerprint density at radius 1 is 1.14 bits per heavy atom. The molecular weight excluding hydrogens is 298 g/mol. The Morgan fingerprint density at radius 2 is 1.82 bits per heavy atom. The number of amides is 1. The molecule has 4 heteroatoms. The molecule has 0 saturated heterocycles.